The zero-order valence-corrected chi connectivity index (χ0v) is 17.3. The Hall–Kier alpha value is -1.67. The van der Waals surface area contributed by atoms with Gasteiger partial charge in [-0.25, -0.2) is 8.42 Å². The standard InChI is InChI=1S/C19H24ClN3O3S/c1-14-11-18(15(2)21(14)3)19(24)13-22-7-9-23(10-8-22)27(25,26)17-6-4-5-16(20)12-17/h4-6,11-12H,7-10,13H2,1-3H3. The van der Waals surface area contributed by atoms with Crippen LogP contribution in [0.25, 0.3) is 0 Å². The summed E-state index contributed by atoms with van der Waals surface area (Å²) in [4.78, 5) is 14.8. The molecule has 0 N–H and O–H groups in total. The van der Waals surface area contributed by atoms with Crippen molar-refractivity contribution in [3.8, 4) is 0 Å². The Labute approximate surface area is 165 Å². The van der Waals surface area contributed by atoms with Crippen molar-refractivity contribution in [1.82, 2.24) is 13.8 Å². The fraction of sp³-hybridized carbons (Fsp3) is 0.421. The van der Waals surface area contributed by atoms with Gasteiger partial charge in [-0.2, -0.15) is 4.31 Å². The van der Waals surface area contributed by atoms with E-state index in [1.54, 1.807) is 18.2 Å². The van der Waals surface area contributed by atoms with E-state index in [0.717, 1.165) is 17.0 Å². The van der Waals surface area contributed by atoms with E-state index in [2.05, 4.69) is 0 Å². The minimum absolute atomic E-state index is 0.0716. The van der Waals surface area contributed by atoms with E-state index in [1.165, 1.54) is 10.4 Å². The van der Waals surface area contributed by atoms with Gasteiger partial charge < -0.3 is 4.57 Å². The van der Waals surface area contributed by atoms with Crippen LogP contribution in [0.15, 0.2) is 35.2 Å². The molecule has 2 heterocycles. The molecule has 1 aliphatic heterocycles. The van der Waals surface area contributed by atoms with Gasteiger partial charge in [0.25, 0.3) is 0 Å². The van der Waals surface area contributed by atoms with Crippen LogP contribution in [-0.2, 0) is 17.1 Å². The van der Waals surface area contributed by atoms with Gasteiger partial charge >= 0.3 is 0 Å². The highest BCUT2D eigenvalue weighted by molar-refractivity contribution is 7.89. The summed E-state index contributed by atoms with van der Waals surface area (Å²) in [6, 6.07) is 8.22. The lowest BCUT2D eigenvalue weighted by atomic mass is 10.1. The number of ketones is 1. The van der Waals surface area contributed by atoms with Gasteiger partial charge in [-0.05, 0) is 38.1 Å². The summed E-state index contributed by atoms with van der Waals surface area (Å²) < 4.78 is 29.0. The van der Waals surface area contributed by atoms with Crippen molar-refractivity contribution in [3.63, 3.8) is 0 Å². The van der Waals surface area contributed by atoms with Crippen molar-refractivity contribution in [2.45, 2.75) is 18.7 Å². The molecule has 1 aliphatic rings. The summed E-state index contributed by atoms with van der Waals surface area (Å²) in [7, 11) is -1.62. The number of halogens is 1. The van der Waals surface area contributed by atoms with Crippen LogP contribution in [0.5, 0.6) is 0 Å². The first kappa shape index (κ1) is 20.1. The molecule has 0 radical (unpaired) electrons. The van der Waals surface area contributed by atoms with E-state index < -0.39 is 10.0 Å². The molecule has 2 aromatic rings. The minimum atomic E-state index is -3.56. The largest absolute Gasteiger partial charge is 0.351 e. The molecule has 1 saturated heterocycles. The Morgan fingerprint density at radius 3 is 2.33 bits per heavy atom. The third-order valence-electron chi connectivity index (χ3n) is 5.21. The number of sulfonamides is 1. The summed E-state index contributed by atoms with van der Waals surface area (Å²) in [6.07, 6.45) is 0. The van der Waals surface area contributed by atoms with Crippen molar-refractivity contribution in [3.05, 3.63) is 52.3 Å². The number of nitrogens with zero attached hydrogens (tertiary/aromatic N) is 3. The maximum absolute atomic E-state index is 12.8. The lowest BCUT2D eigenvalue weighted by Gasteiger charge is -2.33. The smallest absolute Gasteiger partial charge is 0.243 e. The fourth-order valence-electron chi connectivity index (χ4n) is 3.33. The summed E-state index contributed by atoms with van der Waals surface area (Å²) in [5, 5.41) is 0.397. The lowest BCUT2D eigenvalue weighted by Crippen LogP contribution is -2.49. The van der Waals surface area contributed by atoms with Crippen LogP contribution in [0, 0.1) is 13.8 Å². The topological polar surface area (TPSA) is 62.6 Å². The summed E-state index contributed by atoms with van der Waals surface area (Å²) >= 11 is 5.92. The maximum atomic E-state index is 12.8. The molecule has 1 aromatic carbocycles. The molecular weight excluding hydrogens is 386 g/mol. The number of carbonyl (C=O) groups is 1. The first-order valence-electron chi connectivity index (χ1n) is 8.84. The molecule has 27 heavy (non-hydrogen) atoms. The molecule has 0 saturated carbocycles. The number of Topliss-reactive ketones (excluding diaryl/α,β-unsaturated/α-hetero) is 1. The van der Waals surface area contributed by atoms with E-state index in [9.17, 15) is 13.2 Å². The highest BCUT2D eigenvalue weighted by Crippen LogP contribution is 2.21. The van der Waals surface area contributed by atoms with Crippen LogP contribution in [0.3, 0.4) is 0 Å². The summed E-state index contributed by atoms with van der Waals surface area (Å²) in [6.45, 7) is 5.98. The Balaban J connectivity index is 1.63. The molecule has 1 fully saturated rings. The second kappa shape index (κ2) is 7.75. The van der Waals surface area contributed by atoms with Gasteiger partial charge in [-0.3, -0.25) is 9.69 Å². The first-order chi connectivity index (χ1) is 12.7. The Kier molecular flexibility index (Phi) is 5.76. The van der Waals surface area contributed by atoms with Crippen LogP contribution in [0.2, 0.25) is 5.02 Å². The van der Waals surface area contributed by atoms with Gasteiger partial charge in [-0.15, -0.1) is 0 Å². The number of hydrogen-bond acceptors (Lipinski definition) is 4. The van der Waals surface area contributed by atoms with Gasteiger partial charge in [0.15, 0.2) is 5.78 Å². The number of aromatic nitrogens is 1. The molecule has 6 nitrogen and oxygen atoms in total. The highest BCUT2D eigenvalue weighted by atomic mass is 35.5. The average Bonchev–Trinajstić information content (AvgIpc) is 2.90. The number of rotatable bonds is 5. The number of benzene rings is 1. The van der Waals surface area contributed by atoms with Gasteiger partial charge in [0.05, 0.1) is 11.4 Å². The third-order valence-corrected chi connectivity index (χ3v) is 7.34. The molecule has 0 spiro atoms. The van der Waals surface area contributed by atoms with Crippen molar-refractivity contribution in [2.24, 2.45) is 7.05 Å². The molecule has 146 valence electrons. The Morgan fingerprint density at radius 2 is 1.78 bits per heavy atom. The maximum Gasteiger partial charge on any atom is 0.243 e. The second-order valence-electron chi connectivity index (χ2n) is 6.90. The molecule has 0 unspecified atom stereocenters. The molecular formula is C19H24ClN3O3S. The monoisotopic (exact) mass is 409 g/mol. The molecule has 3 rings (SSSR count). The van der Waals surface area contributed by atoms with Gasteiger partial charge in [0.2, 0.25) is 10.0 Å². The van der Waals surface area contributed by atoms with Crippen LogP contribution in [0.1, 0.15) is 21.7 Å². The number of hydrogen-bond donors (Lipinski definition) is 0. The van der Waals surface area contributed by atoms with Crippen LogP contribution in [-0.4, -0.2) is 60.7 Å². The van der Waals surface area contributed by atoms with Gasteiger partial charge in [0, 0.05) is 55.2 Å². The van der Waals surface area contributed by atoms with Crippen molar-refractivity contribution < 1.29 is 13.2 Å². The second-order valence-corrected chi connectivity index (χ2v) is 9.28. The molecule has 0 bridgehead atoms. The minimum Gasteiger partial charge on any atom is -0.351 e. The SMILES string of the molecule is Cc1cc(C(=O)CN2CCN(S(=O)(=O)c3cccc(Cl)c3)CC2)c(C)n1C. The normalized spacial score (nSPS) is 16.6. The predicted octanol–water partition coefficient (Wildman–Crippen LogP) is 2.48. The molecule has 0 amide bonds. The molecule has 8 heteroatoms. The fourth-order valence-corrected chi connectivity index (χ4v) is 5.05. The molecule has 0 aliphatic carbocycles. The summed E-state index contributed by atoms with van der Waals surface area (Å²) in [5.41, 5.74) is 2.75. The van der Waals surface area contributed by atoms with E-state index >= 15 is 0 Å². The number of piperazine rings is 1. The van der Waals surface area contributed by atoms with E-state index in [1.807, 2.05) is 36.4 Å². The lowest BCUT2D eigenvalue weighted by molar-refractivity contribution is 0.0901. The van der Waals surface area contributed by atoms with Crippen molar-refractivity contribution in [1.29, 1.82) is 0 Å². The molecule has 0 atom stereocenters. The predicted molar refractivity (Wildman–Crippen MR) is 106 cm³/mol. The molecule has 1 aromatic heterocycles. The first-order valence-corrected chi connectivity index (χ1v) is 10.7. The van der Waals surface area contributed by atoms with Gasteiger partial charge in [0.1, 0.15) is 0 Å². The van der Waals surface area contributed by atoms with E-state index in [0.29, 0.717) is 37.7 Å². The Morgan fingerprint density at radius 1 is 1.11 bits per heavy atom. The average molecular weight is 410 g/mol. The zero-order chi connectivity index (χ0) is 19.8. The van der Waals surface area contributed by atoms with Crippen LogP contribution >= 0.6 is 11.6 Å². The van der Waals surface area contributed by atoms with Crippen LogP contribution < -0.4 is 0 Å². The quantitative estimate of drug-likeness (QED) is 0.712. The van der Waals surface area contributed by atoms with Crippen molar-refractivity contribution in [2.75, 3.05) is 32.7 Å². The number of aryl methyl sites for hydroxylation is 1. The van der Waals surface area contributed by atoms with E-state index in [-0.39, 0.29) is 10.7 Å². The Bertz CT molecular complexity index is 961. The van der Waals surface area contributed by atoms with Crippen LogP contribution in [0.4, 0.5) is 0 Å². The highest BCUT2D eigenvalue weighted by Gasteiger charge is 2.29. The van der Waals surface area contributed by atoms with E-state index in [4.69, 9.17) is 11.6 Å². The van der Waals surface area contributed by atoms with Crippen molar-refractivity contribution >= 4 is 27.4 Å². The van der Waals surface area contributed by atoms with Gasteiger partial charge in [-0.1, -0.05) is 17.7 Å². The summed E-state index contributed by atoms with van der Waals surface area (Å²) in [5.74, 6) is 0.0716. The zero-order valence-electron chi connectivity index (χ0n) is 15.8. The third kappa shape index (κ3) is 4.11. The number of carbonyl (C=O) groups excluding carboxylic acids is 1.